The molecule has 13 nitrogen and oxygen atoms in total. The number of rotatable bonds is 12. The van der Waals surface area contributed by atoms with Gasteiger partial charge < -0.3 is 25.0 Å². The highest BCUT2D eigenvalue weighted by molar-refractivity contribution is 6.06. The first-order valence-electron chi connectivity index (χ1n) is 16.9. The number of hydrogen-bond acceptors (Lipinski definition) is 10. The van der Waals surface area contributed by atoms with Crippen molar-refractivity contribution >= 4 is 40.2 Å². The lowest BCUT2D eigenvalue weighted by Gasteiger charge is -2.47. The maximum Gasteiger partial charge on any atom is 0.363 e. The topological polar surface area (TPSA) is 166 Å². The molecular formula is C37H41N5O8. The number of carbonyl (C=O) groups is 4. The number of amides is 2. The molecule has 50 heavy (non-hydrogen) atoms. The lowest BCUT2D eigenvalue weighted by molar-refractivity contribution is -0.384. The van der Waals surface area contributed by atoms with Crippen LogP contribution in [0.4, 0.5) is 5.69 Å². The number of nitrogens with zero attached hydrogens (tertiary/aromatic N) is 4. The van der Waals surface area contributed by atoms with E-state index in [0.717, 1.165) is 62.0 Å². The first-order chi connectivity index (χ1) is 23.9. The summed E-state index contributed by atoms with van der Waals surface area (Å²) in [5.74, 6) is -2.31. The van der Waals surface area contributed by atoms with Gasteiger partial charge in [0, 0.05) is 61.7 Å². The van der Waals surface area contributed by atoms with E-state index in [9.17, 15) is 29.3 Å². The molecule has 0 aromatic heterocycles. The van der Waals surface area contributed by atoms with Crippen molar-refractivity contribution in [1.29, 1.82) is 0 Å². The molecule has 0 spiro atoms. The highest BCUT2D eigenvalue weighted by Gasteiger charge is 2.59. The molecular weight excluding hydrogens is 642 g/mol. The number of nitro benzene ring substituents is 1. The number of non-ortho nitro benzene ring substituents is 1. The number of esters is 2. The Balaban J connectivity index is 1.20. The minimum Gasteiger partial charge on any atom is -0.488 e. The summed E-state index contributed by atoms with van der Waals surface area (Å²) in [7, 11) is 0. The summed E-state index contributed by atoms with van der Waals surface area (Å²) >= 11 is 0. The first-order valence-corrected chi connectivity index (χ1v) is 16.9. The van der Waals surface area contributed by atoms with Crippen molar-refractivity contribution in [3.63, 3.8) is 0 Å². The summed E-state index contributed by atoms with van der Waals surface area (Å²) in [4.78, 5) is 67.5. The Labute approximate surface area is 289 Å². The normalized spacial score (nSPS) is 20.9. The van der Waals surface area contributed by atoms with Crippen molar-refractivity contribution in [3.05, 3.63) is 93.2 Å². The molecule has 3 heterocycles. The summed E-state index contributed by atoms with van der Waals surface area (Å²) < 4.78 is 11.7. The molecule has 3 aromatic rings. The quantitative estimate of drug-likeness (QED) is 0.0981. The molecule has 2 saturated heterocycles. The van der Waals surface area contributed by atoms with Crippen molar-refractivity contribution < 1.29 is 33.6 Å². The fraction of sp³-hybridized carbons (Fsp3) is 0.405. The highest BCUT2D eigenvalue weighted by Crippen LogP contribution is 2.49. The Morgan fingerprint density at radius 2 is 1.60 bits per heavy atom. The molecule has 2 N–H and O–H groups in total. The van der Waals surface area contributed by atoms with Gasteiger partial charge in [-0.05, 0) is 41.5 Å². The number of β-lactam (4-membered cyclic amide) rings is 1. The Bertz CT molecular complexity index is 1870. The molecule has 2 fully saturated rings. The average Bonchev–Trinajstić information content (AvgIpc) is 3.33. The lowest BCUT2D eigenvalue weighted by atomic mass is 9.74. The van der Waals surface area contributed by atoms with E-state index in [1.165, 1.54) is 22.6 Å². The molecule has 0 aliphatic carbocycles. The third-order valence-corrected chi connectivity index (χ3v) is 10.1. The summed E-state index contributed by atoms with van der Waals surface area (Å²) in [5, 5.41) is 13.0. The van der Waals surface area contributed by atoms with E-state index in [0.29, 0.717) is 11.3 Å². The second-order valence-corrected chi connectivity index (χ2v) is 13.5. The molecule has 3 aliphatic heterocycles. The second kappa shape index (κ2) is 14.4. The van der Waals surface area contributed by atoms with E-state index >= 15 is 0 Å². The highest BCUT2D eigenvalue weighted by atomic mass is 16.6. The summed E-state index contributed by atoms with van der Waals surface area (Å²) in [6.07, 6.45) is 0.826. The predicted octanol–water partition coefficient (Wildman–Crippen LogP) is 3.54. The van der Waals surface area contributed by atoms with Crippen molar-refractivity contribution in [1.82, 2.24) is 14.7 Å². The summed E-state index contributed by atoms with van der Waals surface area (Å²) in [6, 6.07) is 16.4. The molecule has 0 unspecified atom stereocenters. The third-order valence-electron chi connectivity index (χ3n) is 10.1. The molecule has 0 radical (unpaired) electrons. The molecule has 3 atom stereocenters. The van der Waals surface area contributed by atoms with Gasteiger partial charge in [-0.3, -0.25) is 24.6 Å². The number of nitrogens with two attached hydrogens (primary N) is 1. The van der Waals surface area contributed by atoms with Crippen LogP contribution in [-0.2, 0) is 25.5 Å². The Kier molecular flexibility index (Phi) is 9.98. The van der Waals surface area contributed by atoms with Crippen LogP contribution in [0.25, 0.3) is 10.8 Å². The fourth-order valence-electron chi connectivity index (χ4n) is 7.44. The zero-order valence-electron chi connectivity index (χ0n) is 28.4. The van der Waals surface area contributed by atoms with Gasteiger partial charge in [-0.1, -0.05) is 51.1 Å². The van der Waals surface area contributed by atoms with Crippen LogP contribution in [0.3, 0.4) is 0 Å². The number of fused-ring (bicyclic) bond motifs is 2. The smallest absolute Gasteiger partial charge is 0.363 e. The second-order valence-electron chi connectivity index (χ2n) is 13.5. The standard InChI is InChI=1S/C37H41N5O8/c1-22(2)32-33-23(3)29(34(41(33)35(32)44)37(46)50-36(45)25-10-12-26(13-11-25)42(47)48)21-49-30-9-5-7-27-24(6-4-8-28(27)30)14-15-39-16-18-40(19-17-39)20-31(38)43/h4-13,22-23,32-33H,14-21H2,1-3H3,(H2,38,43)/t23-,32+,33+/m0/s1. The maximum absolute atomic E-state index is 13.6. The predicted molar refractivity (Wildman–Crippen MR) is 184 cm³/mol. The van der Waals surface area contributed by atoms with Gasteiger partial charge in [0.15, 0.2) is 0 Å². The van der Waals surface area contributed by atoms with E-state index in [2.05, 4.69) is 21.9 Å². The minimum atomic E-state index is -0.976. The van der Waals surface area contributed by atoms with Gasteiger partial charge in [0.1, 0.15) is 18.1 Å². The van der Waals surface area contributed by atoms with Crippen LogP contribution in [0.5, 0.6) is 5.75 Å². The van der Waals surface area contributed by atoms with Gasteiger partial charge in [-0.25, -0.2) is 9.59 Å². The lowest BCUT2D eigenvalue weighted by Crippen LogP contribution is -2.62. The number of benzene rings is 3. The van der Waals surface area contributed by atoms with Crippen molar-refractivity contribution in [2.75, 3.05) is 45.9 Å². The van der Waals surface area contributed by atoms with E-state index in [4.69, 9.17) is 15.2 Å². The number of primary amides is 1. The zero-order chi connectivity index (χ0) is 35.7. The van der Waals surface area contributed by atoms with Gasteiger partial charge in [0.05, 0.1) is 29.0 Å². The number of ether oxygens (including phenoxy) is 2. The molecule has 0 saturated carbocycles. The Morgan fingerprint density at radius 1 is 0.940 bits per heavy atom. The van der Waals surface area contributed by atoms with Crippen LogP contribution in [-0.4, -0.2) is 95.3 Å². The zero-order valence-corrected chi connectivity index (χ0v) is 28.4. The van der Waals surface area contributed by atoms with Gasteiger partial charge in [0.2, 0.25) is 11.8 Å². The molecule has 3 aromatic carbocycles. The SMILES string of the molecule is CC(C)[C@H]1C(=O)N2C(C(=O)OC(=O)c3ccc([N+](=O)[O-])cc3)=C(COc3cccc4c(CCN5CCN(CC(N)=O)CC5)cccc34)[C@H](C)[C@H]12. The minimum absolute atomic E-state index is 0.00133. The van der Waals surface area contributed by atoms with Crippen LogP contribution >= 0.6 is 0 Å². The van der Waals surface area contributed by atoms with Crippen LogP contribution < -0.4 is 10.5 Å². The fourth-order valence-corrected chi connectivity index (χ4v) is 7.44. The maximum atomic E-state index is 13.6. The van der Waals surface area contributed by atoms with E-state index < -0.39 is 16.9 Å². The molecule has 0 bridgehead atoms. The monoisotopic (exact) mass is 683 g/mol. The Morgan fingerprint density at radius 3 is 2.26 bits per heavy atom. The number of carbonyl (C=O) groups excluding carboxylic acids is 4. The van der Waals surface area contributed by atoms with Gasteiger partial charge >= 0.3 is 11.9 Å². The van der Waals surface area contributed by atoms with Gasteiger partial charge in [-0.15, -0.1) is 0 Å². The van der Waals surface area contributed by atoms with E-state index in [-0.39, 0.29) is 65.7 Å². The van der Waals surface area contributed by atoms with E-state index in [1.54, 1.807) is 0 Å². The third kappa shape index (κ3) is 6.83. The molecule has 262 valence electrons. The summed E-state index contributed by atoms with van der Waals surface area (Å²) in [5.41, 5.74) is 6.87. The van der Waals surface area contributed by atoms with Crippen molar-refractivity contribution in [2.24, 2.45) is 23.5 Å². The number of piperazine rings is 1. The number of nitro groups is 1. The average molecular weight is 684 g/mol. The molecule has 2 amide bonds. The summed E-state index contributed by atoms with van der Waals surface area (Å²) in [6.45, 7) is 10.4. The first kappa shape index (κ1) is 34.7. The van der Waals surface area contributed by atoms with Crippen LogP contribution in [0.15, 0.2) is 71.9 Å². The van der Waals surface area contributed by atoms with Crippen LogP contribution in [0.2, 0.25) is 0 Å². The molecule has 6 rings (SSSR count). The van der Waals surface area contributed by atoms with Crippen LogP contribution in [0.1, 0.15) is 36.7 Å². The molecule has 3 aliphatic rings. The van der Waals surface area contributed by atoms with Crippen molar-refractivity contribution in [3.8, 4) is 5.75 Å². The van der Waals surface area contributed by atoms with Gasteiger partial charge in [0.25, 0.3) is 5.69 Å². The largest absolute Gasteiger partial charge is 0.488 e. The van der Waals surface area contributed by atoms with Crippen molar-refractivity contribution in [2.45, 2.75) is 33.2 Å². The van der Waals surface area contributed by atoms with E-state index in [1.807, 2.05) is 45.0 Å². The van der Waals surface area contributed by atoms with Crippen LogP contribution in [0, 0.1) is 27.9 Å². The molecule has 13 heteroatoms. The Hall–Kier alpha value is -5.14. The number of hydrogen-bond donors (Lipinski definition) is 1. The van der Waals surface area contributed by atoms with Gasteiger partial charge in [-0.2, -0.15) is 0 Å².